The first-order chi connectivity index (χ1) is 9.65. The minimum Gasteiger partial charge on any atom is -0.408 e. The number of piperazine rings is 1. The Morgan fingerprint density at radius 1 is 1.35 bits per heavy atom. The van der Waals surface area contributed by atoms with Gasteiger partial charge in [-0.3, -0.25) is 19.6 Å². The number of oxazole rings is 1. The molecular formula is C12H14N4O4. The van der Waals surface area contributed by atoms with E-state index >= 15 is 0 Å². The first kappa shape index (κ1) is 12.8. The normalized spacial score (nSPS) is 16.6. The van der Waals surface area contributed by atoms with Gasteiger partial charge in [-0.05, 0) is 6.07 Å². The van der Waals surface area contributed by atoms with E-state index in [-0.39, 0.29) is 5.69 Å². The third kappa shape index (κ3) is 2.30. The number of rotatable bonds is 3. The number of non-ortho nitro benzene ring substituents is 1. The van der Waals surface area contributed by atoms with E-state index in [1.54, 1.807) is 0 Å². The molecule has 8 heteroatoms. The fourth-order valence-electron chi connectivity index (χ4n) is 2.35. The monoisotopic (exact) mass is 278 g/mol. The Morgan fingerprint density at radius 2 is 2.10 bits per heavy atom. The number of hydrogen-bond acceptors (Lipinski definition) is 6. The number of aromatic nitrogens is 1. The molecule has 0 bridgehead atoms. The number of fused-ring (bicyclic) bond motifs is 1. The van der Waals surface area contributed by atoms with Gasteiger partial charge in [0, 0.05) is 38.3 Å². The molecule has 20 heavy (non-hydrogen) atoms. The Labute approximate surface area is 113 Å². The number of nitro benzene ring substituents is 1. The SMILES string of the molecule is O=c1oc2ccc([N+](=O)[O-])cc2n1CN1CCNCC1. The highest BCUT2D eigenvalue weighted by molar-refractivity contribution is 5.75. The van der Waals surface area contributed by atoms with Crippen molar-refractivity contribution >= 4 is 16.8 Å². The summed E-state index contributed by atoms with van der Waals surface area (Å²) in [7, 11) is 0. The van der Waals surface area contributed by atoms with Crippen molar-refractivity contribution < 1.29 is 9.34 Å². The van der Waals surface area contributed by atoms with Gasteiger partial charge >= 0.3 is 5.76 Å². The Bertz CT molecular complexity index is 699. The lowest BCUT2D eigenvalue weighted by molar-refractivity contribution is -0.384. The molecule has 3 rings (SSSR count). The van der Waals surface area contributed by atoms with Crippen molar-refractivity contribution in [3.63, 3.8) is 0 Å². The second-order valence-corrected chi connectivity index (χ2v) is 4.71. The van der Waals surface area contributed by atoms with Gasteiger partial charge in [-0.15, -0.1) is 0 Å². The summed E-state index contributed by atoms with van der Waals surface area (Å²) >= 11 is 0. The highest BCUT2D eigenvalue weighted by Crippen LogP contribution is 2.20. The van der Waals surface area contributed by atoms with Gasteiger partial charge in [0.2, 0.25) is 0 Å². The summed E-state index contributed by atoms with van der Waals surface area (Å²) in [4.78, 5) is 24.3. The first-order valence-corrected chi connectivity index (χ1v) is 6.36. The van der Waals surface area contributed by atoms with Crippen molar-refractivity contribution in [3.05, 3.63) is 38.9 Å². The van der Waals surface area contributed by atoms with Gasteiger partial charge in [0.1, 0.15) is 0 Å². The summed E-state index contributed by atoms with van der Waals surface area (Å²) in [5, 5.41) is 14.0. The van der Waals surface area contributed by atoms with Gasteiger partial charge in [-0.2, -0.15) is 0 Å². The third-order valence-electron chi connectivity index (χ3n) is 3.41. The predicted molar refractivity (Wildman–Crippen MR) is 71.6 cm³/mol. The molecule has 1 aromatic heterocycles. The fourth-order valence-corrected chi connectivity index (χ4v) is 2.35. The van der Waals surface area contributed by atoms with Crippen LogP contribution in [0.4, 0.5) is 5.69 Å². The van der Waals surface area contributed by atoms with Crippen LogP contribution in [0.15, 0.2) is 27.4 Å². The molecule has 1 aliphatic heterocycles. The predicted octanol–water partition coefficient (Wildman–Crippen LogP) is 0.365. The van der Waals surface area contributed by atoms with Gasteiger partial charge in [0.25, 0.3) is 5.69 Å². The van der Waals surface area contributed by atoms with E-state index in [1.165, 1.54) is 22.8 Å². The summed E-state index contributed by atoms with van der Waals surface area (Å²) in [6, 6.07) is 4.17. The first-order valence-electron chi connectivity index (χ1n) is 6.36. The molecule has 0 unspecified atom stereocenters. The highest BCUT2D eigenvalue weighted by atomic mass is 16.6. The summed E-state index contributed by atoms with van der Waals surface area (Å²) < 4.78 is 6.56. The summed E-state index contributed by atoms with van der Waals surface area (Å²) in [5.74, 6) is -0.487. The summed E-state index contributed by atoms with van der Waals surface area (Å²) in [5.41, 5.74) is 0.783. The van der Waals surface area contributed by atoms with Crippen LogP contribution < -0.4 is 11.1 Å². The molecule has 2 heterocycles. The van der Waals surface area contributed by atoms with E-state index in [2.05, 4.69) is 10.2 Å². The van der Waals surface area contributed by atoms with Crippen molar-refractivity contribution in [2.75, 3.05) is 26.2 Å². The van der Waals surface area contributed by atoms with Gasteiger partial charge in [-0.25, -0.2) is 4.79 Å². The van der Waals surface area contributed by atoms with E-state index in [9.17, 15) is 14.9 Å². The zero-order chi connectivity index (χ0) is 14.1. The lowest BCUT2D eigenvalue weighted by Crippen LogP contribution is -2.45. The maximum absolute atomic E-state index is 11.9. The van der Waals surface area contributed by atoms with E-state index in [0.717, 1.165) is 26.2 Å². The second kappa shape index (κ2) is 5.06. The molecule has 0 aliphatic carbocycles. The van der Waals surface area contributed by atoms with Crippen LogP contribution in [-0.4, -0.2) is 40.6 Å². The highest BCUT2D eigenvalue weighted by Gasteiger charge is 2.17. The Morgan fingerprint density at radius 3 is 2.80 bits per heavy atom. The molecule has 1 fully saturated rings. The van der Waals surface area contributed by atoms with E-state index in [1.807, 2.05) is 0 Å². The van der Waals surface area contributed by atoms with Crippen LogP contribution in [0.2, 0.25) is 0 Å². The largest absolute Gasteiger partial charge is 0.421 e. The molecule has 8 nitrogen and oxygen atoms in total. The zero-order valence-corrected chi connectivity index (χ0v) is 10.7. The molecule has 0 amide bonds. The number of nitrogens with one attached hydrogen (secondary N) is 1. The molecule has 0 saturated carbocycles. The topological polar surface area (TPSA) is 93.5 Å². The maximum atomic E-state index is 11.9. The van der Waals surface area contributed by atoms with Crippen molar-refractivity contribution in [3.8, 4) is 0 Å². The van der Waals surface area contributed by atoms with Crippen molar-refractivity contribution in [2.45, 2.75) is 6.67 Å². The molecule has 0 spiro atoms. The standard InChI is InChI=1S/C12H14N4O4/c17-12-15(8-14-5-3-13-4-6-14)10-7-9(16(18)19)1-2-11(10)20-12/h1-2,7,13H,3-6,8H2. The molecule has 1 N–H and O–H groups in total. The number of nitro groups is 1. The number of nitrogens with zero attached hydrogens (tertiary/aromatic N) is 3. The van der Waals surface area contributed by atoms with Gasteiger partial charge in [0.15, 0.2) is 5.58 Å². The average Bonchev–Trinajstić information content (AvgIpc) is 2.75. The molecule has 1 aromatic carbocycles. The third-order valence-corrected chi connectivity index (χ3v) is 3.41. The second-order valence-electron chi connectivity index (χ2n) is 4.71. The van der Waals surface area contributed by atoms with Crippen LogP contribution in [0.1, 0.15) is 0 Å². The van der Waals surface area contributed by atoms with Crippen molar-refractivity contribution in [1.29, 1.82) is 0 Å². The molecule has 1 aliphatic rings. The Balaban J connectivity index is 1.99. The van der Waals surface area contributed by atoms with E-state index in [0.29, 0.717) is 17.8 Å². The minimum absolute atomic E-state index is 0.0487. The lowest BCUT2D eigenvalue weighted by Gasteiger charge is -2.26. The Kier molecular flexibility index (Phi) is 3.25. The molecule has 2 aromatic rings. The van der Waals surface area contributed by atoms with Crippen molar-refractivity contribution in [1.82, 2.24) is 14.8 Å². The van der Waals surface area contributed by atoms with Crippen LogP contribution in [0.5, 0.6) is 0 Å². The molecule has 0 atom stereocenters. The van der Waals surface area contributed by atoms with Crippen LogP contribution in [0.25, 0.3) is 11.1 Å². The van der Waals surface area contributed by atoms with Crippen LogP contribution >= 0.6 is 0 Å². The molecular weight excluding hydrogens is 264 g/mol. The average molecular weight is 278 g/mol. The summed E-state index contributed by atoms with van der Waals surface area (Å²) in [6.07, 6.45) is 0. The van der Waals surface area contributed by atoms with Crippen LogP contribution in [0, 0.1) is 10.1 Å². The van der Waals surface area contributed by atoms with Gasteiger partial charge < -0.3 is 9.73 Å². The minimum atomic E-state index is -0.487. The van der Waals surface area contributed by atoms with Crippen LogP contribution in [0.3, 0.4) is 0 Å². The number of benzene rings is 1. The van der Waals surface area contributed by atoms with Gasteiger partial charge in [0.05, 0.1) is 17.1 Å². The molecule has 0 radical (unpaired) electrons. The smallest absolute Gasteiger partial charge is 0.408 e. The van der Waals surface area contributed by atoms with Gasteiger partial charge in [-0.1, -0.05) is 0 Å². The fraction of sp³-hybridized carbons (Fsp3) is 0.417. The quantitative estimate of drug-likeness (QED) is 0.644. The maximum Gasteiger partial charge on any atom is 0.421 e. The number of hydrogen-bond donors (Lipinski definition) is 1. The molecule has 1 saturated heterocycles. The summed E-state index contributed by atoms with van der Waals surface area (Å²) in [6.45, 7) is 3.77. The Hall–Kier alpha value is -2.19. The van der Waals surface area contributed by atoms with Crippen molar-refractivity contribution in [2.24, 2.45) is 0 Å². The molecule has 106 valence electrons. The van der Waals surface area contributed by atoms with Crippen LogP contribution in [-0.2, 0) is 6.67 Å². The zero-order valence-electron chi connectivity index (χ0n) is 10.7. The van der Waals surface area contributed by atoms with E-state index in [4.69, 9.17) is 4.42 Å². The lowest BCUT2D eigenvalue weighted by atomic mass is 10.3. The van der Waals surface area contributed by atoms with E-state index < -0.39 is 10.7 Å².